The Balaban J connectivity index is 0.000000131. The molecule has 0 aliphatic heterocycles. The van der Waals surface area contributed by atoms with Gasteiger partial charge in [-0.3, -0.25) is 4.79 Å². The highest BCUT2D eigenvalue weighted by Crippen LogP contribution is 2.32. The second-order valence-corrected chi connectivity index (χ2v) is 7.45. The van der Waals surface area contributed by atoms with E-state index in [1.807, 2.05) is 30.3 Å². The average Bonchev–Trinajstić information content (AvgIpc) is 3.03. The molecule has 0 saturated heterocycles. The van der Waals surface area contributed by atoms with E-state index >= 15 is 0 Å². The Bertz CT molecular complexity index is 725. The number of aliphatic hydroxyl groups is 1. The Labute approximate surface area is 146 Å². The summed E-state index contributed by atoms with van der Waals surface area (Å²) < 4.78 is 2.16. The van der Waals surface area contributed by atoms with Crippen LogP contribution in [0.2, 0.25) is 0 Å². The van der Waals surface area contributed by atoms with Gasteiger partial charge in [-0.2, -0.15) is 0 Å². The van der Waals surface area contributed by atoms with Gasteiger partial charge in [0.1, 0.15) is 0 Å². The summed E-state index contributed by atoms with van der Waals surface area (Å²) in [6.07, 6.45) is 3.26. The molecule has 0 heterocycles. The molecule has 0 bridgehead atoms. The second-order valence-electron chi connectivity index (χ2n) is 5.62. The van der Waals surface area contributed by atoms with Gasteiger partial charge in [0.05, 0.1) is 6.10 Å². The van der Waals surface area contributed by atoms with E-state index in [0.717, 1.165) is 39.3 Å². The van der Waals surface area contributed by atoms with Crippen molar-refractivity contribution in [3.63, 3.8) is 0 Å². The number of rotatable bonds is 0. The molecule has 4 heteroatoms. The number of hydrogen-bond donors (Lipinski definition) is 1. The van der Waals surface area contributed by atoms with Crippen molar-refractivity contribution in [1.29, 1.82) is 0 Å². The lowest BCUT2D eigenvalue weighted by Gasteiger charge is -2.02. The van der Waals surface area contributed by atoms with Gasteiger partial charge in [0.25, 0.3) is 0 Å². The number of carbonyl (C=O) groups is 1. The van der Waals surface area contributed by atoms with Crippen LogP contribution in [0.25, 0.3) is 0 Å². The number of Topliss-reactive ketones (excluding diaryl/α,β-unsaturated/α-hetero) is 1. The Morgan fingerprint density at radius 2 is 1.59 bits per heavy atom. The SMILES string of the molecule is O=C1CCc2cc(Br)ccc21.OC1CCc2cc(Br)ccc21. The molecule has 0 spiro atoms. The fourth-order valence-electron chi connectivity index (χ4n) is 2.99. The molecule has 4 rings (SSSR count). The van der Waals surface area contributed by atoms with E-state index in [4.69, 9.17) is 0 Å². The van der Waals surface area contributed by atoms with E-state index in [0.29, 0.717) is 6.42 Å². The van der Waals surface area contributed by atoms with Crippen molar-refractivity contribution in [2.75, 3.05) is 0 Å². The van der Waals surface area contributed by atoms with Crippen LogP contribution in [0.5, 0.6) is 0 Å². The van der Waals surface area contributed by atoms with Gasteiger partial charge in [-0.1, -0.05) is 44.0 Å². The van der Waals surface area contributed by atoms with Crippen LogP contribution in [0.3, 0.4) is 0 Å². The van der Waals surface area contributed by atoms with Crippen LogP contribution in [-0.2, 0) is 12.8 Å². The van der Waals surface area contributed by atoms with Crippen LogP contribution in [0.15, 0.2) is 45.3 Å². The van der Waals surface area contributed by atoms with Crippen molar-refractivity contribution in [3.05, 3.63) is 67.6 Å². The molecule has 2 aliphatic carbocycles. The van der Waals surface area contributed by atoms with Gasteiger partial charge in [0.15, 0.2) is 5.78 Å². The van der Waals surface area contributed by atoms with Crippen molar-refractivity contribution < 1.29 is 9.90 Å². The first-order valence-corrected chi connectivity index (χ1v) is 8.91. The topological polar surface area (TPSA) is 37.3 Å². The van der Waals surface area contributed by atoms with E-state index in [1.54, 1.807) is 0 Å². The Kier molecular flexibility index (Phi) is 4.81. The molecule has 0 saturated carbocycles. The highest BCUT2D eigenvalue weighted by Gasteiger charge is 2.19. The lowest BCUT2D eigenvalue weighted by Crippen LogP contribution is -1.89. The summed E-state index contributed by atoms with van der Waals surface area (Å²) in [5, 5.41) is 9.46. The number of benzene rings is 2. The lowest BCUT2D eigenvalue weighted by atomic mass is 10.1. The average molecular weight is 424 g/mol. The molecule has 2 nitrogen and oxygen atoms in total. The molecule has 0 amide bonds. The highest BCUT2D eigenvalue weighted by molar-refractivity contribution is 9.10. The predicted molar refractivity (Wildman–Crippen MR) is 94.2 cm³/mol. The van der Waals surface area contributed by atoms with Crippen LogP contribution in [-0.4, -0.2) is 10.9 Å². The van der Waals surface area contributed by atoms with Gasteiger partial charge in [-0.25, -0.2) is 0 Å². The molecular formula is C18H16Br2O2. The molecular weight excluding hydrogens is 408 g/mol. The maximum Gasteiger partial charge on any atom is 0.163 e. The van der Waals surface area contributed by atoms with E-state index in [1.165, 1.54) is 11.1 Å². The number of carbonyl (C=O) groups excluding carboxylic acids is 1. The number of hydrogen-bond acceptors (Lipinski definition) is 2. The van der Waals surface area contributed by atoms with Crippen LogP contribution >= 0.6 is 31.9 Å². The monoisotopic (exact) mass is 422 g/mol. The third-order valence-electron chi connectivity index (χ3n) is 4.14. The van der Waals surface area contributed by atoms with Gasteiger partial charge in [-0.05, 0) is 60.2 Å². The third-order valence-corrected chi connectivity index (χ3v) is 5.13. The van der Waals surface area contributed by atoms with Gasteiger partial charge in [-0.15, -0.1) is 0 Å². The number of halogens is 2. The summed E-state index contributed by atoms with van der Waals surface area (Å²) in [6.45, 7) is 0. The van der Waals surface area contributed by atoms with Crippen LogP contribution < -0.4 is 0 Å². The minimum Gasteiger partial charge on any atom is -0.388 e. The Hall–Kier alpha value is -0.970. The number of aryl methyl sites for hydroxylation is 2. The molecule has 1 N–H and O–H groups in total. The van der Waals surface area contributed by atoms with Gasteiger partial charge < -0.3 is 5.11 Å². The van der Waals surface area contributed by atoms with Crippen LogP contribution in [0.4, 0.5) is 0 Å². The normalized spacial score (nSPS) is 18.5. The summed E-state index contributed by atoms with van der Waals surface area (Å²) >= 11 is 6.78. The molecule has 2 aromatic rings. The van der Waals surface area contributed by atoms with E-state index in [9.17, 15) is 9.90 Å². The maximum absolute atomic E-state index is 11.2. The van der Waals surface area contributed by atoms with Gasteiger partial charge in [0.2, 0.25) is 0 Å². The zero-order valence-corrected chi connectivity index (χ0v) is 15.2. The van der Waals surface area contributed by atoms with Crippen molar-refractivity contribution in [2.24, 2.45) is 0 Å². The third kappa shape index (κ3) is 3.34. The maximum atomic E-state index is 11.2. The summed E-state index contributed by atoms with van der Waals surface area (Å²) in [5.41, 5.74) is 4.48. The first-order valence-electron chi connectivity index (χ1n) is 7.32. The predicted octanol–water partition coefficient (Wildman–Crippen LogP) is 5.01. The molecule has 1 atom stereocenters. The van der Waals surface area contributed by atoms with Crippen molar-refractivity contribution in [1.82, 2.24) is 0 Å². The molecule has 2 aliphatic rings. The summed E-state index contributed by atoms with van der Waals surface area (Å²) in [7, 11) is 0. The smallest absolute Gasteiger partial charge is 0.163 e. The Morgan fingerprint density at radius 1 is 0.909 bits per heavy atom. The highest BCUT2D eigenvalue weighted by atomic mass is 79.9. The molecule has 22 heavy (non-hydrogen) atoms. The fourth-order valence-corrected chi connectivity index (χ4v) is 3.80. The van der Waals surface area contributed by atoms with E-state index < -0.39 is 0 Å². The van der Waals surface area contributed by atoms with Crippen molar-refractivity contribution >= 4 is 37.6 Å². The zero-order valence-electron chi connectivity index (χ0n) is 12.0. The molecule has 2 aromatic carbocycles. The van der Waals surface area contributed by atoms with Crippen molar-refractivity contribution in [2.45, 2.75) is 31.8 Å². The second kappa shape index (κ2) is 6.65. The Morgan fingerprint density at radius 3 is 2.36 bits per heavy atom. The minimum absolute atomic E-state index is 0.224. The summed E-state index contributed by atoms with van der Waals surface area (Å²) in [6, 6.07) is 11.9. The number of aliphatic hydroxyl groups excluding tert-OH is 1. The quantitative estimate of drug-likeness (QED) is 0.646. The first kappa shape index (κ1) is 15.9. The number of ketones is 1. The summed E-state index contributed by atoms with van der Waals surface area (Å²) in [5.74, 6) is 0.285. The standard InChI is InChI=1S/C9H9BrO.C9H7BrO/c2*10-7-2-3-8-6(5-7)1-4-9(8)11/h2-3,5,9,11H,1,4H2;2-3,5H,1,4H2. The molecule has 1 unspecified atom stereocenters. The minimum atomic E-state index is -0.224. The molecule has 0 fully saturated rings. The molecule has 0 aromatic heterocycles. The largest absolute Gasteiger partial charge is 0.388 e. The lowest BCUT2D eigenvalue weighted by molar-refractivity contribution is 0.0994. The zero-order chi connectivity index (χ0) is 15.7. The van der Waals surface area contributed by atoms with Crippen molar-refractivity contribution in [3.8, 4) is 0 Å². The number of fused-ring (bicyclic) bond motifs is 2. The fraction of sp³-hybridized carbons (Fsp3) is 0.278. The van der Waals surface area contributed by atoms with Crippen LogP contribution in [0, 0.1) is 0 Å². The van der Waals surface area contributed by atoms with Gasteiger partial charge in [0, 0.05) is 20.9 Å². The molecule has 114 valence electrons. The molecule has 0 radical (unpaired) electrons. The van der Waals surface area contributed by atoms with Crippen LogP contribution in [0.1, 0.15) is 46.0 Å². The first-order chi connectivity index (χ1) is 10.5. The van der Waals surface area contributed by atoms with E-state index in [2.05, 4.69) is 37.9 Å². The van der Waals surface area contributed by atoms with Gasteiger partial charge >= 0.3 is 0 Å². The summed E-state index contributed by atoms with van der Waals surface area (Å²) in [4.78, 5) is 11.2. The van der Waals surface area contributed by atoms with E-state index in [-0.39, 0.29) is 11.9 Å².